The van der Waals surface area contributed by atoms with E-state index in [2.05, 4.69) is 0 Å². The fourth-order valence-corrected chi connectivity index (χ4v) is 6.34. The number of amides is 1. The third kappa shape index (κ3) is 6.13. The monoisotopic (exact) mass is 575 g/mol. The van der Waals surface area contributed by atoms with Crippen LogP contribution in [-0.2, 0) is 14.3 Å². The van der Waals surface area contributed by atoms with Crippen LogP contribution in [0.2, 0.25) is 0 Å². The number of methoxy groups -OCH3 is 1. The van der Waals surface area contributed by atoms with Crippen molar-refractivity contribution in [3.05, 3.63) is 84.4 Å². The van der Waals surface area contributed by atoms with E-state index in [9.17, 15) is 18.3 Å². The second kappa shape index (κ2) is 11.8. The van der Waals surface area contributed by atoms with Gasteiger partial charge < -0.3 is 19.6 Å². The standard InChI is InChI=1S/C31H33N3O6S/c1-4-30(40-41(37,38)26-13-5-21(2)6-14-26)29-20-33(31(35)36)17-18-34(29)24-10-7-22(8-11-24)27-15-9-23-19-25(39-3)12-16-28(23)32-27/h5-16,19,29-30H,4,17-18,20H2,1-3H3,(H,35,36). The van der Waals surface area contributed by atoms with Crippen molar-refractivity contribution in [3.8, 4) is 17.0 Å². The van der Waals surface area contributed by atoms with Crippen molar-refractivity contribution in [2.45, 2.75) is 37.3 Å². The third-order valence-electron chi connectivity index (χ3n) is 7.47. The lowest BCUT2D eigenvalue weighted by Gasteiger charge is -2.44. The minimum atomic E-state index is -4.06. The first-order valence-electron chi connectivity index (χ1n) is 13.5. The minimum Gasteiger partial charge on any atom is -0.497 e. The molecule has 0 spiro atoms. The van der Waals surface area contributed by atoms with Gasteiger partial charge in [0.25, 0.3) is 10.1 Å². The van der Waals surface area contributed by atoms with Crippen molar-refractivity contribution in [3.63, 3.8) is 0 Å². The molecular weight excluding hydrogens is 542 g/mol. The van der Waals surface area contributed by atoms with Crippen molar-refractivity contribution in [2.24, 2.45) is 0 Å². The highest BCUT2D eigenvalue weighted by Gasteiger charge is 2.37. The largest absolute Gasteiger partial charge is 0.497 e. The van der Waals surface area contributed by atoms with Crippen LogP contribution in [0.4, 0.5) is 10.5 Å². The summed E-state index contributed by atoms with van der Waals surface area (Å²) in [5, 5.41) is 10.7. The van der Waals surface area contributed by atoms with E-state index in [1.54, 1.807) is 19.2 Å². The highest BCUT2D eigenvalue weighted by Crippen LogP contribution is 2.30. The Hall–Kier alpha value is -4.15. The van der Waals surface area contributed by atoms with Gasteiger partial charge in [0.05, 0.1) is 35.4 Å². The molecule has 1 amide bonds. The summed E-state index contributed by atoms with van der Waals surface area (Å²) in [6.07, 6.45) is -1.42. The van der Waals surface area contributed by atoms with Crippen LogP contribution in [0.5, 0.6) is 5.75 Å². The number of ether oxygens (including phenoxy) is 1. The van der Waals surface area contributed by atoms with Gasteiger partial charge in [0, 0.05) is 36.3 Å². The Bertz CT molecular complexity index is 1640. The van der Waals surface area contributed by atoms with E-state index in [1.165, 1.54) is 17.0 Å². The second-order valence-corrected chi connectivity index (χ2v) is 11.7. The first-order valence-corrected chi connectivity index (χ1v) is 14.9. The van der Waals surface area contributed by atoms with Gasteiger partial charge in [-0.1, -0.05) is 42.8 Å². The van der Waals surface area contributed by atoms with Gasteiger partial charge in [0.1, 0.15) is 5.75 Å². The molecule has 3 aromatic carbocycles. The average Bonchev–Trinajstić information content (AvgIpc) is 2.99. The summed E-state index contributed by atoms with van der Waals surface area (Å²) < 4.78 is 37.4. The topological polar surface area (TPSA) is 109 Å². The zero-order chi connectivity index (χ0) is 29.1. The summed E-state index contributed by atoms with van der Waals surface area (Å²) in [6.45, 7) is 4.54. The Morgan fingerprint density at radius 1 is 1.02 bits per heavy atom. The van der Waals surface area contributed by atoms with Gasteiger partial charge in [-0.2, -0.15) is 8.42 Å². The van der Waals surface area contributed by atoms with Crippen molar-refractivity contribution < 1.29 is 27.2 Å². The summed E-state index contributed by atoms with van der Waals surface area (Å²) in [5.41, 5.74) is 4.39. The van der Waals surface area contributed by atoms with E-state index in [0.29, 0.717) is 19.5 Å². The van der Waals surface area contributed by atoms with Gasteiger partial charge in [-0.3, -0.25) is 4.18 Å². The number of piperazine rings is 1. The Morgan fingerprint density at radius 2 is 1.76 bits per heavy atom. The smallest absolute Gasteiger partial charge is 0.407 e. The molecule has 0 aliphatic carbocycles. The molecule has 2 unspecified atom stereocenters. The number of hydrogen-bond acceptors (Lipinski definition) is 7. The number of hydrogen-bond donors (Lipinski definition) is 1. The van der Waals surface area contributed by atoms with Crippen LogP contribution in [0.3, 0.4) is 0 Å². The van der Waals surface area contributed by atoms with E-state index in [4.69, 9.17) is 13.9 Å². The molecule has 2 heterocycles. The third-order valence-corrected chi connectivity index (χ3v) is 8.82. The molecule has 41 heavy (non-hydrogen) atoms. The number of anilines is 1. The fourth-order valence-electron chi connectivity index (χ4n) is 5.17. The summed E-state index contributed by atoms with van der Waals surface area (Å²) in [4.78, 5) is 20.1. The van der Waals surface area contributed by atoms with Gasteiger partial charge in [0.15, 0.2) is 0 Å². The van der Waals surface area contributed by atoms with Crippen LogP contribution in [0.15, 0.2) is 83.8 Å². The molecule has 1 aromatic heterocycles. The predicted molar refractivity (Wildman–Crippen MR) is 158 cm³/mol. The van der Waals surface area contributed by atoms with Crippen LogP contribution in [0.25, 0.3) is 22.2 Å². The van der Waals surface area contributed by atoms with Gasteiger partial charge in [0.2, 0.25) is 0 Å². The second-order valence-electron chi connectivity index (χ2n) is 10.1. The number of benzene rings is 3. The first kappa shape index (κ1) is 28.4. The summed E-state index contributed by atoms with van der Waals surface area (Å²) in [5.74, 6) is 0.773. The predicted octanol–water partition coefficient (Wildman–Crippen LogP) is 5.57. The van der Waals surface area contributed by atoms with Crippen LogP contribution < -0.4 is 9.64 Å². The molecule has 1 N–H and O–H groups in total. The molecule has 10 heteroatoms. The highest BCUT2D eigenvalue weighted by atomic mass is 32.2. The van der Waals surface area contributed by atoms with E-state index in [0.717, 1.165) is 39.2 Å². The highest BCUT2D eigenvalue weighted by molar-refractivity contribution is 7.86. The van der Waals surface area contributed by atoms with Gasteiger partial charge in [-0.05, 0) is 61.9 Å². The van der Waals surface area contributed by atoms with E-state index < -0.39 is 28.4 Å². The van der Waals surface area contributed by atoms with Crippen LogP contribution in [0.1, 0.15) is 18.9 Å². The number of fused-ring (bicyclic) bond motifs is 1. The Balaban J connectivity index is 1.42. The molecule has 1 fully saturated rings. The number of aryl methyl sites for hydroxylation is 1. The van der Waals surface area contributed by atoms with Crippen molar-refractivity contribution >= 4 is 32.8 Å². The summed E-state index contributed by atoms with van der Waals surface area (Å²) in [7, 11) is -2.42. The zero-order valence-electron chi connectivity index (χ0n) is 23.2. The molecule has 5 rings (SSSR count). The maximum Gasteiger partial charge on any atom is 0.407 e. The lowest BCUT2D eigenvalue weighted by Crippen LogP contribution is -2.59. The molecule has 1 saturated heterocycles. The van der Waals surface area contributed by atoms with Crippen LogP contribution in [-0.4, -0.2) is 68.4 Å². The molecule has 0 radical (unpaired) electrons. The normalized spacial score (nSPS) is 16.5. The molecule has 214 valence electrons. The maximum atomic E-state index is 13.2. The lowest BCUT2D eigenvalue weighted by atomic mass is 10.0. The minimum absolute atomic E-state index is 0.0738. The average molecular weight is 576 g/mol. The van der Waals surface area contributed by atoms with Crippen molar-refractivity contribution in [1.29, 1.82) is 0 Å². The molecule has 2 atom stereocenters. The van der Waals surface area contributed by atoms with E-state index in [-0.39, 0.29) is 11.4 Å². The maximum absolute atomic E-state index is 13.2. The molecular formula is C31H33N3O6S. The number of carboxylic acid groups (broad SMARTS) is 1. The summed E-state index contributed by atoms with van der Waals surface area (Å²) >= 11 is 0. The number of pyridine rings is 1. The van der Waals surface area contributed by atoms with Crippen molar-refractivity contribution in [1.82, 2.24) is 9.88 Å². The molecule has 0 bridgehead atoms. The molecule has 0 saturated carbocycles. The fraction of sp³-hybridized carbons (Fsp3) is 0.290. The van der Waals surface area contributed by atoms with Crippen LogP contribution in [0, 0.1) is 6.92 Å². The number of rotatable bonds is 8. The van der Waals surface area contributed by atoms with Gasteiger partial charge >= 0.3 is 6.09 Å². The van der Waals surface area contributed by atoms with Crippen LogP contribution >= 0.6 is 0 Å². The molecule has 4 aromatic rings. The first-order chi connectivity index (χ1) is 19.7. The Kier molecular flexibility index (Phi) is 8.14. The summed E-state index contributed by atoms with van der Waals surface area (Å²) in [6, 6.07) is 23.6. The number of carbonyl (C=O) groups is 1. The van der Waals surface area contributed by atoms with E-state index in [1.807, 2.05) is 73.3 Å². The lowest BCUT2D eigenvalue weighted by molar-refractivity contribution is 0.102. The van der Waals surface area contributed by atoms with Gasteiger partial charge in [-0.25, -0.2) is 9.78 Å². The SMILES string of the molecule is CCC(OS(=O)(=O)c1ccc(C)cc1)C1CN(C(=O)O)CCN1c1ccc(-c2ccc3cc(OC)ccc3n2)cc1. The zero-order valence-corrected chi connectivity index (χ0v) is 24.0. The quantitative estimate of drug-likeness (QED) is 0.272. The van der Waals surface area contributed by atoms with Crippen molar-refractivity contribution in [2.75, 3.05) is 31.6 Å². The molecule has 1 aliphatic rings. The number of nitrogens with zero attached hydrogens (tertiary/aromatic N) is 3. The Labute approximate surface area is 240 Å². The molecule has 1 aliphatic heterocycles. The molecule has 9 nitrogen and oxygen atoms in total. The number of aromatic nitrogens is 1. The van der Waals surface area contributed by atoms with E-state index >= 15 is 0 Å². The Morgan fingerprint density at radius 3 is 2.41 bits per heavy atom. The van der Waals surface area contributed by atoms with Gasteiger partial charge in [-0.15, -0.1) is 0 Å².